The fourth-order valence-corrected chi connectivity index (χ4v) is 2.11. The van der Waals surface area contributed by atoms with Crippen LogP contribution >= 0.6 is 0 Å². The third kappa shape index (κ3) is 4.19. The van der Waals surface area contributed by atoms with Crippen molar-refractivity contribution in [1.29, 1.82) is 0 Å². The molecular weight excluding hydrogens is 246 g/mol. The van der Waals surface area contributed by atoms with Crippen LogP contribution in [0.3, 0.4) is 0 Å². The predicted molar refractivity (Wildman–Crippen MR) is 84.8 cm³/mol. The first-order chi connectivity index (χ1) is 9.66. The highest BCUT2D eigenvalue weighted by molar-refractivity contribution is 5.67. The second-order valence-electron chi connectivity index (χ2n) is 5.37. The van der Waals surface area contributed by atoms with Gasteiger partial charge in [-0.25, -0.2) is 0 Å². The van der Waals surface area contributed by atoms with E-state index in [4.69, 9.17) is 4.74 Å². The molecule has 0 heterocycles. The van der Waals surface area contributed by atoms with Crippen molar-refractivity contribution >= 4 is 0 Å². The zero-order chi connectivity index (χ0) is 14.4. The molecule has 0 aliphatic heterocycles. The van der Waals surface area contributed by atoms with E-state index in [1.165, 1.54) is 22.3 Å². The van der Waals surface area contributed by atoms with E-state index in [1.807, 2.05) is 0 Å². The summed E-state index contributed by atoms with van der Waals surface area (Å²) in [7, 11) is 4.11. The van der Waals surface area contributed by atoms with E-state index in [0.29, 0.717) is 6.61 Å². The van der Waals surface area contributed by atoms with Gasteiger partial charge in [0.1, 0.15) is 0 Å². The van der Waals surface area contributed by atoms with Gasteiger partial charge in [0.15, 0.2) is 0 Å². The molecule has 0 saturated heterocycles. The monoisotopic (exact) mass is 269 g/mol. The summed E-state index contributed by atoms with van der Waals surface area (Å²) in [5.41, 5.74) is 5.09. The van der Waals surface area contributed by atoms with Gasteiger partial charge in [-0.2, -0.15) is 0 Å². The van der Waals surface area contributed by atoms with Crippen molar-refractivity contribution in [2.45, 2.75) is 13.5 Å². The van der Waals surface area contributed by atoms with Crippen LogP contribution in [0.2, 0.25) is 0 Å². The van der Waals surface area contributed by atoms with Crippen molar-refractivity contribution in [2.24, 2.45) is 0 Å². The molecule has 20 heavy (non-hydrogen) atoms. The molecule has 106 valence electrons. The van der Waals surface area contributed by atoms with Crippen LogP contribution in [0, 0.1) is 6.92 Å². The van der Waals surface area contributed by atoms with Gasteiger partial charge in [-0.15, -0.1) is 0 Å². The van der Waals surface area contributed by atoms with Gasteiger partial charge in [-0.3, -0.25) is 0 Å². The number of rotatable bonds is 6. The number of benzene rings is 2. The Morgan fingerprint density at radius 1 is 0.950 bits per heavy atom. The molecule has 2 heteroatoms. The average Bonchev–Trinajstić information content (AvgIpc) is 2.45. The predicted octanol–water partition coefficient (Wildman–Crippen LogP) is 3.74. The Morgan fingerprint density at radius 2 is 1.65 bits per heavy atom. The van der Waals surface area contributed by atoms with E-state index in [9.17, 15) is 0 Å². The Hall–Kier alpha value is -1.64. The van der Waals surface area contributed by atoms with Gasteiger partial charge in [0, 0.05) is 6.54 Å². The molecule has 0 N–H and O–H groups in total. The number of aryl methyl sites for hydroxylation is 1. The highest BCUT2D eigenvalue weighted by Crippen LogP contribution is 2.23. The Bertz CT molecular complexity index is 531. The Kier molecular flexibility index (Phi) is 5.33. The van der Waals surface area contributed by atoms with Gasteiger partial charge < -0.3 is 9.64 Å². The molecule has 0 fully saturated rings. The molecule has 2 nitrogen and oxygen atoms in total. The molecule has 0 unspecified atom stereocenters. The van der Waals surface area contributed by atoms with Gasteiger partial charge in [0.25, 0.3) is 0 Å². The molecule has 2 aromatic carbocycles. The van der Waals surface area contributed by atoms with Crippen molar-refractivity contribution in [2.75, 3.05) is 27.2 Å². The topological polar surface area (TPSA) is 12.5 Å². The maximum atomic E-state index is 5.66. The maximum absolute atomic E-state index is 5.66. The Balaban J connectivity index is 1.95. The van der Waals surface area contributed by atoms with Gasteiger partial charge in [-0.05, 0) is 43.3 Å². The van der Waals surface area contributed by atoms with Crippen LogP contribution in [0.15, 0.2) is 48.5 Å². The standard InChI is InChI=1S/C18H23NO/c1-15-6-4-5-7-18(15)17-10-8-16(9-11-17)14-20-13-12-19(2)3/h4-11H,12-14H2,1-3H3. The van der Waals surface area contributed by atoms with Crippen LogP contribution in [-0.4, -0.2) is 32.1 Å². The number of ether oxygens (including phenoxy) is 1. The second kappa shape index (κ2) is 7.22. The normalized spacial score (nSPS) is 11.0. The zero-order valence-corrected chi connectivity index (χ0v) is 12.6. The molecule has 0 saturated carbocycles. The lowest BCUT2D eigenvalue weighted by molar-refractivity contribution is 0.105. The zero-order valence-electron chi connectivity index (χ0n) is 12.6. The summed E-state index contributed by atoms with van der Waals surface area (Å²) >= 11 is 0. The van der Waals surface area contributed by atoms with Crippen molar-refractivity contribution in [3.05, 3.63) is 59.7 Å². The molecular formula is C18H23NO. The summed E-state index contributed by atoms with van der Waals surface area (Å²) in [5, 5.41) is 0. The molecule has 0 aliphatic rings. The van der Waals surface area contributed by atoms with Crippen LogP contribution in [0.1, 0.15) is 11.1 Å². The molecule has 0 bridgehead atoms. The number of hydrogen-bond donors (Lipinski definition) is 0. The molecule has 0 radical (unpaired) electrons. The lowest BCUT2D eigenvalue weighted by Crippen LogP contribution is -2.17. The minimum Gasteiger partial charge on any atom is -0.375 e. The molecule has 0 aromatic heterocycles. The highest BCUT2D eigenvalue weighted by atomic mass is 16.5. The van der Waals surface area contributed by atoms with Gasteiger partial charge in [0.05, 0.1) is 13.2 Å². The number of nitrogens with zero attached hydrogens (tertiary/aromatic N) is 1. The highest BCUT2D eigenvalue weighted by Gasteiger charge is 2.01. The maximum Gasteiger partial charge on any atom is 0.0717 e. The fourth-order valence-electron chi connectivity index (χ4n) is 2.11. The fraction of sp³-hybridized carbons (Fsp3) is 0.333. The minimum atomic E-state index is 0.682. The van der Waals surface area contributed by atoms with Crippen molar-refractivity contribution in [3.63, 3.8) is 0 Å². The van der Waals surface area contributed by atoms with Crippen LogP contribution in [0.25, 0.3) is 11.1 Å². The van der Waals surface area contributed by atoms with Gasteiger partial charge in [-0.1, -0.05) is 48.5 Å². The van der Waals surface area contributed by atoms with Crippen molar-refractivity contribution < 1.29 is 4.74 Å². The molecule has 0 amide bonds. The van der Waals surface area contributed by atoms with Gasteiger partial charge in [0.2, 0.25) is 0 Å². The van der Waals surface area contributed by atoms with Crippen LogP contribution in [0.5, 0.6) is 0 Å². The van der Waals surface area contributed by atoms with Crippen LogP contribution in [0.4, 0.5) is 0 Å². The quantitative estimate of drug-likeness (QED) is 0.741. The minimum absolute atomic E-state index is 0.682. The first-order valence-electron chi connectivity index (χ1n) is 7.04. The summed E-state index contributed by atoms with van der Waals surface area (Å²) in [4.78, 5) is 2.13. The van der Waals surface area contributed by atoms with Gasteiger partial charge >= 0.3 is 0 Å². The van der Waals surface area contributed by atoms with E-state index >= 15 is 0 Å². The van der Waals surface area contributed by atoms with E-state index in [2.05, 4.69) is 74.4 Å². The summed E-state index contributed by atoms with van der Waals surface area (Å²) in [6, 6.07) is 17.1. The first-order valence-corrected chi connectivity index (χ1v) is 7.04. The number of hydrogen-bond acceptors (Lipinski definition) is 2. The summed E-state index contributed by atoms with van der Waals surface area (Å²) in [6.45, 7) is 4.56. The van der Waals surface area contributed by atoms with E-state index in [1.54, 1.807) is 0 Å². The largest absolute Gasteiger partial charge is 0.375 e. The van der Waals surface area contributed by atoms with Crippen LogP contribution in [-0.2, 0) is 11.3 Å². The molecule has 0 atom stereocenters. The first kappa shape index (κ1) is 14.8. The van der Waals surface area contributed by atoms with E-state index in [0.717, 1.165) is 13.2 Å². The molecule has 2 aromatic rings. The molecule has 0 spiro atoms. The van der Waals surface area contributed by atoms with Crippen molar-refractivity contribution in [3.8, 4) is 11.1 Å². The lowest BCUT2D eigenvalue weighted by Gasteiger charge is -2.10. The SMILES string of the molecule is Cc1ccccc1-c1ccc(COCCN(C)C)cc1. The third-order valence-electron chi connectivity index (χ3n) is 3.36. The summed E-state index contributed by atoms with van der Waals surface area (Å²) in [5.74, 6) is 0. The van der Waals surface area contributed by atoms with E-state index < -0.39 is 0 Å². The molecule has 2 rings (SSSR count). The van der Waals surface area contributed by atoms with Crippen molar-refractivity contribution in [1.82, 2.24) is 4.90 Å². The average molecular weight is 269 g/mol. The molecule has 0 aliphatic carbocycles. The smallest absolute Gasteiger partial charge is 0.0717 e. The second-order valence-corrected chi connectivity index (χ2v) is 5.37. The van der Waals surface area contributed by atoms with E-state index in [-0.39, 0.29) is 0 Å². The summed E-state index contributed by atoms with van der Waals surface area (Å²) < 4.78 is 5.66. The Labute approximate surface area is 122 Å². The third-order valence-corrected chi connectivity index (χ3v) is 3.36. The van der Waals surface area contributed by atoms with Crippen LogP contribution < -0.4 is 0 Å². The number of likely N-dealkylation sites (N-methyl/N-ethyl adjacent to an activating group) is 1. The summed E-state index contributed by atoms with van der Waals surface area (Å²) in [6.07, 6.45) is 0. The Morgan fingerprint density at radius 3 is 2.30 bits per heavy atom. The lowest BCUT2D eigenvalue weighted by atomic mass is 10.00.